The Morgan fingerprint density at radius 2 is 1.00 bits per heavy atom. The molecule has 1 fully saturated rings. The Morgan fingerprint density at radius 1 is 0.576 bits per heavy atom. The average molecular weight is 844 g/mol. The second kappa shape index (κ2) is 38.5. The lowest BCUT2D eigenvalue weighted by Crippen LogP contribution is -2.60. The maximum atomic E-state index is 13.1. The van der Waals surface area contributed by atoms with Crippen LogP contribution < -0.4 is 5.32 Å². The monoisotopic (exact) mass is 844 g/mol. The van der Waals surface area contributed by atoms with E-state index in [1.54, 1.807) is 0 Å². The van der Waals surface area contributed by atoms with E-state index in [4.69, 9.17) is 9.47 Å². The van der Waals surface area contributed by atoms with Gasteiger partial charge in [0, 0.05) is 0 Å². The van der Waals surface area contributed by atoms with Crippen molar-refractivity contribution < 1.29 is 50.0 Å². The van der Waals surface area contributed by atoms with Gasteiger partial charge in [0.05, 0.1) is 25.4 Å². The number of carbonyl (C=O) groups is 1. The van der Waals surface area contributed by atoms with Crippen LogP contribution in [-0.4, -0.2) is 110 Å². The van der Waals surface area contributed by atoms with Crippen molar-refractivity contribution >= 4 is 5.91 Å². The Kier molecular flexibility index (Phi) is 36.5. The number of hydrogen-bond acceptors (Lipinski definition) is 10. The first-order valence-corrected chi connectivity index (χ1v) is 24.6. The zero-order valence-electron chi connectivity index (χ0n) is 37.7. The molecule has 0 aliphatic carbocycles. The van der Waals surface area contributed by atoms with Crippen molar-refractivity contribution in [2.75, 3.05) is 13.2 Å². The topological polar surface area (TPSA) is 189 Å². The van der Waals surface area contributed by atoms with Crippen molar-refractivity contribution in [3.8, 4) is 0 Å². The van der Waals surface area contributed by atoms with Gasteiger partial charge in [0.15, 0.2) is 6.29 Å². The van der Waals surface area contributed by atoms with Crippen molar-refractivity contribution in [2.45, 2.75) is 274 Å². The molecule has 0 radical (unpaired) electrons. The summed E-state index contributed by atoms with van der Waals surface area (Å²) in [6.07, 6.45) is 29.7. The molecule has 1 heterocycles. The van der Waals surface area contributed by atoms with Crippen LogP contribution in [-0.2, 0) is 14.3 Å². The van der Waals surface area contributed by atoms with E-state index in [-0.39, 0.29) is 12.8 Å². The van der Waals surface area contributed by atoms with Crippen LogP contribution in [0, 0.1) is 0 Å². The summed E-state index contributed by atoms with van der Waals surface area (Å²) in [7, 11) is 0. The largest absolute Gasteiger partial charge is 0.394 e. The van der Waals surface area contributed by atoms with Crippen LogP contribution in [0.15, 0.2) is 12.2 Å². The molecule has 0 spiro atoms. The molecule has 11 heteroatoms. The molecule has 1 amide bonds. The summed E-state index contributed by atoms with van der Waals surface area (Å²) < 4.78 is 11.1. The molecule has 1 saturated heterocycles. The van der Waals surface area contributed by atoms with Gasteiger partial charge >= 0.3 is 0 Å². The smallest absolute Gasteiger partial charge is 0.249 e. The zero-order valence-corrected chi connectivity index (χ0v) is 37.7. The fourth-order valence-corrected chi connectivity index (χ4v) is 7.97. The zero-order chi connectivity index (χ0) is 43.4. The molecule has 1 aliphatic rings. The van der Waals surface area contributed by atoms with Crippen molar-refractivity contribution in [1.82, 2.24) is 5.32 Å². The molecule has 0 unspecified atom stereocenters. The summed E-state index contributed by atoms with van der Waals surface area (Å²) in [6.45, 7) is 3.44. The van der Waals surface area contributed by atoms with Gasteiger partial charge in [-0.25, -0.2) is 0 Å². The maximum Gasteiger partial charge on any atom is 0.249 e. The summed E-state index contributed by atoms with van der Waals surface area (Å²) in [5.41, 5.74) is 0. The predicted octanol–water partition coefficient (Wildman–Crippen LogP) is 8.45. The Bertz CT molecular complexity index is 970. The highest BCUT2D eigenvalue weighted by Gasteiger charge is 2.44. The molecule has 1 rings (SSSR count). The van der Waals surface area contributed by atoms with Crippen LogP contribution in [0.1, 0.15) is 219 Å². The van der Waals surface area contributed by atoms with Crippen LogP contribution in [0.4, 0.5) is 0 Å². The van der Waals surface area contributed by atoms with E-state index in [0.717, 1.165) is 38.5 Å². The van der Waals surface area contributed by atoms with Gasteiger partial charge in [-0.2, -0.15) is 0 Å². The van der Waals surface area contributed by atoms with Crippen LogP contribution in [0.3, 0.4) is 0 Å². The lowest BCUT2D eigenvalue weighted by Gasteiger charge is -2.40. The molecule has 0 bridgehead atoms. The molecule has 0 aromatic rings. The third-order valence-corrected chi connectivity index (χ3v) is 12.1. The Morgan fingerprint density at radius 3 is 1.46 bits per heavy atom. The van der Waals surface area contributed by atoms with Gasteiger partial charge in [-0.15, -0.1) is 0 Å². The highest BCUT2D eigenvalue weighted by molar-refractivity contribution is 5.80. The molecule has 9 atom stereocenters. The number of allylic oxidation sites excluding steroid dienone is 2. The molecule has 0 saturated carbocycles. The first kappa shape index (κ1) is 55.9. The maximum absolute atomic E-state index is 13.1. The number of rotatable bonds is 41. The summed E-state index contributed by atoms with van der Waals surface area (Å²) in [4.78, 5) is 13.1. The van der Waals surface area contributed by atoms with Crippen LogP contribution in [0.5, 0.6) is 0 Å². The summed E-state index contributed by atoms with van der Waals surface area (Å²) in [5.74, 6) is -0.704. The fourth-order valence-electron chi connectivity index (χ4n) is 7.97. The second-order valence-corrected chi connectivity index (χ2v) is 17.5. The average Bonchev–Trinajstić information content (AvgIpc) is 3.23. The minimum atomic E-state index is -1.66. The number of amides is 1. The van der Waals surface area contributed by atoms with Gasteiger partial charge in [-0.1, -0.05) is 193 Å². The Balaban J connectivity index is 2.44. The summed E-state index contributed by atoms with van der Waals surface area (Å²) >= 11 is 0. The van der Waals surface area contributed by atoms with Gasteiger partial charge in [0.1, 0.15) is 36.6 Å². The summed E-state index contributed by atoms with van der Waals surface area (Å²) in [5, 5.41) is 75.7. The Labute approximate surface area is 360 Å². The van der Waals surface area contributed by atoms with Gasteiger partial charge in [-0.05, 0) is 38.5 Å². The van der Waals surface area contributed by atoms with E-state index < -0.39 is 74.2 Å². The number of aliphatic hydroxyl groups is 7. The number of hydrogen-bond donors (Lipinski definition) is 8. The first-order chi connectivity index (χ1) is 28.7. The second-order valence-electron chi connectivity index (χ2n) is 17.5. The molecular weight excluding hydrogens is 751 g/mol. The SMILES string of the molecule is CCCCCCCCCCCCCC=CCCC[C@@H](O)[C@@H](O)[C@H](CO[C@@H]1O[C@H](CO)[C@@H](O)[C@H](O)[C@H]1O)NC(=O)[C@H](O)CCCCCCCCCCCCCCCCCC. The Hall–Kier alpha value is -1.15. The molecule has 1 aliphatic heterocycles. The third kappa shape index (κ3) is 28.2. The lowest BCUT2D eigenvalue weighted by atomic mass is 9.98. The van der Waals surface area contributed by atoms with Gasteiger partial charge in [0.25, 0.3) is 0 Å². The molecule has 0 aromatic carbocycles. The third-order valence-electron chi connectivity index (χ3n) is 12.1. The van der Waals surface area contributed by atoms with Gasteiger partial charge < -0.3 is 50.5 Å². The fraction of sp³-hybridized carbons (Fsp3) is 0.938. The van der Waals surface area contributed by atoms with Crippen molar-refractivity contribution in [1.29, 1.82) is 0 Å². The van der Waals surface area contributed by atoms with E-state index in [1.165, 1.54) is 141 Å². The number of carbonyl (C=O) groups excluding carboxylic acids is 1. The molecule has 8 N–H and O–H groups in total. The molecule has 0 aromatic heterocycles. The number of aliphatic hydroxyl groups excluding tert-OH is 7. The molecule has 59 heavy (non-hydrogen) atoms. The minimum absolute atomic E-state index is 0.259. The molecular formula is C48H93NO10. The van der Waals surface area contributed by atoms with E-state index in [0.29, 0.717) is 12.8 Å². The summed E-state index contributed by atoms with van der Waals surface area (Å²) in [6, 6.07) is -1.18. The van der Waals surface area contributed by atoms with Crippen LogP contribution in [0.2, 0.25) is 0 Å². The van der Waals surface area contributed by atoms with Gasteiger partial charge in [0.2, 0.25) is 5.91 Å². The molecule has 11 nitrogen and oxygen atoms in total. The normalized spacial score (nSPS) is 21.8. The highest BCUT2D eigenvalue weighted by Crippen LogP contribution is 2.23. The van der Waals surface area contributed by atoms with Crippen molar-refractivity contribution in [3.05, 3.63) is 12.2 Å². The van der Waals surface area contributed by atoms with E-state index in [2.05, 4.69) is 31.3 Å². The number of ether oxygens (including phenoxy) is 2. The predicted molar refractivity (Wildman–Crippen MR) is 238 cm³/mol. The minimum Gasteiger partial charge on any atom is -0.394 e. The first-order valence-electron chi connectivity index (χ1n) is 24.6. The lowest BCUT2D eigenvalue weighted by molar-refractivity contribution is -0.303. The van der Waals surface area contributed by atoms with Crippen LogP contribution >= 0.6 is 0 Å². The van der Waals surface area contributed by atoms with E-state index in [9.17, 15) is 40.5 Å². The quantitative estimate of drug-likeness (QED) is 0.0219. The van der Waals surface area contributed by atoms with E-state index in [1.807, 2.05) is 0 Å². The standard InChI is InChI=1S/C48H93NO10/c1-3-5-7-9-11-13-15-17-19-21-23-25-27-29-31-33-35-40(51)43(53)39(38-58-48-46(56)45(55)44(54)42(37-50)59-48)49-47(57)41(52)36-34-32-30-28-26-24-22-20-18-16-14-12-10-8-6-4-2/h27,29,39-46,48,50-56H,3-26,28,30-38H2,1-2H3,(H,49,57)/t39-,40+,41+,42+,43-,44+,45-,46+,48+/m0/s1. The van der Waals surface area contributed by atoms with E-state index >= 15 is 0 Å². The highest BCUT2D eigenvalue weighted by atomic mass is 16.7. The van der Waals surface area contributed by atoms with Crippen molar-refractivity contribution in [3.63, 3.8) is 0 Å². The van der Waals surface area contributed by atoms with Gasteiger partial charge in [-0.3, -0.25) is 4.79 Å². The number of nitrogens with one attached hydrogen (secondary N) is 1. The van der Waals surface area contributed by atoms with Crippen molar-refractivity contribution in [2.24, 2.45) is 0 Å². The number of unbranched alkanes of at least 4 members (excludes halogenated alkanes) is 27. The molecule has 350 valence electrons. The van der Waals surface area contributed by atoms with Crippen LogP contribution in [0.25, 0.3) is 0 Å².